The van der Waals surface area contributed by atoms with Gasteiger partial charge in [-0.15, -0.1) is 0 Å². The molecule has 29 heavy (non-hydrogen) atoms. The lowest BCUT2D eigenvalue weighted by Gasteiger charge is -2.27. The van der Waals surface area contributed by atoms with E-state index in [4.69, 9.17) is 17.0 Å². The number of rotatable bonds is 11. The smallest absolute Gasteiger partial charge is 0.318 e. The Morgan fingerprint density at radius 2 is 1.83 bits per heavy atom. The zero-order valence-electron chi connectivity index (χ0n) is 16.9. The molecule has 2 rings (SSSR count). The first-order chi connectivity index (χ1) is 13.8. The molecule has 1 aromatic rings. The fourth-order valence-corrected chi connectivity index (χ4v) is 4.90. The number of thiocarbonyl (C=S) groups is 1. The van der Waals surface area contributed by atoms with Crippen LogP contribution < -0.4 is 0 Å². The Morgan fingerprint density at radius 3 is 2.55 bits per heavy atom. The number of sulfone groups is 1. The number of esters is 1. The van der Waals surface area contributed by atoms with Gasteiger partial charge in [0.05, 0.1) is 11.5 Å². The van der Waals surface area contributed by atoms with Gasteiger partial charge in [0.2, 0.25) is 9.84 Å². The highest BCUT2D eigenvalue weighted by Crippen LogP contribution is 2.32. The lowest BCUT2D eigenvalue weighted by atomic mass is 10.1. The van der Waals surface area contributed by atoms with Gasteiger partial charge in [-0.3, -0.25) is 4.79 Å². The maximum atomic E-state index is 12.4. The van der Waals surface area contributed by atoms with Crippen molar-refractivity contribution in [1.29, 1.82) is 0 Å². The minimum absolute atomic E-state index is 0.0237. The average Bonchev–Trinajstić information content (AvgIpc) is 2.71. The number of hydrogen-bond donors (Lipinski definition) is 0. The van der Waals surface area contributed by atoms with Crippen LogP contribution in [0.3, 0.4) is 0 Å². The van der Waals surface area contributed by atoms with Crippen LogP contribution in [0.4, 0.5) is 0 Å². The molecule has 0 aliphatic carbocycles. The molecule has 0 amide bonds. The van der Waals surface area contributed by atoms with Crippen molar-refractivity contribution < 1.29 is 17.9 Å². The van der Waals surface area contributed by atoms with Crippen LogP contribution in [-0.4, -0.2) is 47.6 Å². The summed E-state index contributed by atoms with van der Waals surface area (Å²) in [6.45, 7) is 3.29. The van der Waals surface area contributed by atoms with Crippen molar-refractivity contribution in [3.8, 4) is 0 Å². The van der Waals surface area contributed by atoms with Crippen LogP contribution in [0.25, 0.3) is 5.70 Å². The molecule has 1 unspecified atom stereocenters. The molecule has 5 nitrogen and oxygen atoms in total. The Kier molecular flexibility index (Phi) is 9.55. The van der Waals surface area contributed by atoms with Crippen molar-refractivity contribution in [2.45, 2.75) is 54.3 Å². The molecule has 1 aliphatic heterocycles. The van der Waals surface area contributed by atoms with Crippen molar-refractivity contribution in [2.75, 3.05) is 20.2 Å². The molecular formula is C21H28INO4S2. The zero-order valence-corrected chi connectivity index (χ0v) is 20.7. The highest BCUT2D eigenvalue weighted by Gasteiger charge is 2.30. The monoisotopic (exact) mass is 549 g/mol. The van der Waals surface area contributed by atoms with E-state index in [-0.39, 0.29) is 14.1 Å². The van der Waals surface area contributed by atoms with Gasteiger partial charge in [0.15, 0.2) is 0 Å². The quantitative estimate of drug-likeness (QED) is 0.130. The van der Waals surface area contributed by atoms with E-state index in [2.05, 4.69) is 27.5 Å². The van der Waals surface area contributed by atoms with E-state index >= 15 is 0 Å². The molecule has 0 aromatic heterocycles. The maximum absolute atomic E-state index is 12.4. The number of carbonyl (C=O) groups excluding carboxylic acids is 1. The molecule has 0 spiro atoms. The molecule has 1 heterocycles. The van der Waals surface area contributed by atoms with Crippen LogP contribution in [0.2, 0.25) is 0 Å². The molecule has 1 aromatic carbocycles. The van der Waals surface area contributed by atoms with Gasteiger partial charge in [0.25, 0.3) is 0 Å². The highest BCUT2D eigenvalue weighted by atomic mass is 127. The molecule has 8 heteroatoms. The fourth-order valence-electron chi connectivity index (χ4n) is 3.14. The summed E-state index contributed by atoms with van der Waals surface area (Å²) < 4.78 is 30.0. The molecule has 0 radical (unpaired) electrons. The Bertz CT molecular complexity index is 867. The Morgan fingerprint density at radius 1 is 1.17 bits per heavy atom. The van der Waals surface area contributed by atoms with Crippen LogP contribution >= 0.6 is 34.8 Å². The SMILES string of the molecule is CCC(I)C(=O)OCCCCCCCN(C)C1=CC(=S)S(=O)(=O)c2ccccc21. The number of ether oxygens (including phenoxy) is 1. The van der Waals surface area contributed by atoms with E-state index in [9.17, 15) is 13.2 Å². The predicted molar refractivity (Wildman–Crippen MR) is 129 cm³/mol. The summed E-state index contributed by atoms with van der Waals surface area (Å²) in [4.78, 5) is 14.0. The summed E-state index contributed by atoms with van der Waals surface area (Å²) >= 11 is 7.24. The van der Waals surface area contributed by atoms with E-state index in [1.165, 1.54) is 0 Å². The second-order valence-corrected chi connectivity index (χ2v) is 11.2. The summed E-state index contributed by atoms with van der Waals surface area (Å²) in [7, 11) is -1.58. The number of fused-ring (bicyclic) bond motifs is 1. The van der Waals surface area contributed by atoms with Crippen molar-refractivity contribution in [3.63, 3.8) is 0 Å². The van der Waals surface area contributed by atoms with Crippen molar-refractivity contribution in [3.05, 3.63) is 35.9 Å². The fraction of sp³-hybridized carbons (Fsp3) is 0.524. The van der Waals surface area contributed by atoms with Crippen LogP contribution in [0.15, 0.2) is 35.2 Å². The number of hydrogen-bond acceptors (Lipinski definition) is 6. The van der Waals surface area contributed by atoms with Crippen LogP contribution in [0.5, 0.6) is 0 Å². The van der Waals surface area contributed by atoms with E-state index in [1.807, 2.05) is 26.1 Å². The third-order valence-electron chi connectivity index (χ3n) is 4.88. The predicted octanol–water partition coefficient (Wildman–Crippen LogP) is 4.78. The minimum atomic E-state index is -3.55. The largest absolute Gasteiger partial charge is 0.465 e. The summed E-state index contributed by atoms with van der Waals surface area (Å²) in [5.41, 5.74) is 1.57. The Balaban J connectivity index is 1.74. The average molecular weight is 549 g/mol. The van der Waals surface area contributed by atoms with Gasteiger partial charge in [-0.2, -0.15) is 0 Å². The summed E-state index contributed by atoms with van der Waals surface area (Å²) in [5.74, 6) is -0.115. The first-order valence-corrected chi connectivity index (χ1v) is 13.0. The van der Waals surface area contributed by atoms with E-state index in [0.717, 1.165) is 50.8 Å². The third kappa shape index (κ3) is 6.49. The zero-order chi connectivity index (χ0) is 21.4. The lowest BCUT2D eigenvalue weighted by molar-refractivity contribution is -0.142. The minimum Gasteiger partial charge on any atom is -0.465 e. The molecule has 0 saturated heterocycles. The van der Waals surface area contributed by atoms with Crippen LogP contribution in [0, 0.1) is 0 Å². The van der Waals surface area contributed by atoms with Crippen molar-refractivity contribution in [2.24, 2.45) is 0 Å². The van der Waals surface area contributed by atoms with Gasteiger partial charge in [0, 0.05) is 24.9 Å². The number of nitrogens with zero attached hydrogens (tertiary/aromatic N) is 1. The third-order valence-corrected chi connectivity index (χ3v) is 8.63. The topological polar surface area (TPSA) is 63.7 Å². The summed E-state index contributed by atoms with van der Waals surface area (Å²) in [6.07, 6.45) is 7.46. The van der Waals surface area contributed by atoms with Gasteiger partial charge >= 0.3 is 5.97 Å². The number of benzene rings is 1. The first kappa shape index (κ1) is 24.3. The second-order valence-electron chi connectivity index (χ2n) is 7.08. The van der Waals surface area contributed by atoms with Gasteiger partial charge in [-0.05, 0) is 31.4 Å². The Labute approximate surface area is 192 Å². The molecule has 160 valence electrons. The standard InChI is InChI=1S/C21H28INO4S2/c1-3-17(22)21(24)27-14-10-6-4-5-9-13-23(2)18-15-20(28)29(25,26)19-12-8-7-11-16(18)19/h7-8,11-12,15,17H,3-6,9-10,13-14H2,1-2H3. The summed E-state index contributed by atoms with van der Waals surface area (Å²) in [5, 5.41) is 0. The van der Waals surface area contributed by atoms with Crippen molar-refractivity contribution in [1.82, 2.24) is 4.90 Å². The van der Waals surface area contributed by atoms with Gasteiger partial charge in [-0.25, -0.2) is 8.42 Å². The number of carbonyl (C=O) groups is 1. The second kappa shape index (κ2) is 11.4. The molecule has 0 bridgehead atoms. The van der Waals surface area contributed by atoms with E-state index < -0.39 is 9.84 Å². The van der Waals surface area contributed by atoms with Crippen molar-refractivity contribution >= 4 is 60.5 Å². The molecule has 0 saturated carbocycles. The summed E-state index contributed by atoms with van der Waals surface area (Å²) in [6, 6.07) is 7.02. The number of unbranched alkanes of at least 4 members (excludes halogenated alkanes) is 4. The molecule has 1 aliphatic rings. The van der Waals surface area contributed by atoms with Crippen LogP contribution in [0.1, 0.15) is 51.0 Å². The normalized spacial score (nSPS) is 16.0. The van der Waals surface area contributed by atoms with Gasteiger partial charge < -0.3 is 9.64 Å². The number of alkyl halides is 1. The van der Waals surface area contributed by atoms with Crippen LogP contribution in [-0.2, 0) is 19.4 Å². The van der Waals surface area contributed by atoms with Gasteiger partial charge in [0.1, 0.15) is 8.12 Å². The molecule has 0 fully saturated rings. The van der Waals surface area contributed by atoms with E-state index in [0.29, 0.717) is 17.1 Å². The molecule has 1 atom stereocenters. The highest BCUT2D eigenvalue weighted by molar-refractivity contribution is 14.1. The number of halogens is 1. The maximum Gasteiger partial charge on any atom is 0.318 e. The lowest BCUT2D eigenvalue weighted by Crippen LogP contribution is -2.25. The first-order valence-electron chi connectivity index (χ1n) is 9.91. The van der Waals surface area contributed by atoms with Gasteiger partial charge in [-0.1, -0.05) is 79.2 Å². The Hall–Kier alpha value is -1.00. The molecular weight excluding hydrogens is 521 g/mol. The van der Waals surface area contributed by atoms with E-state index in [1.54, 1.807) is 18.2 Å². The molecule has 0 N–H and O–H groups in total.